The average molecular weight is 333 g/mol. The maximum absolute atomic E-state index is 12.8. The molecule has 0 radical (unpaired) electrons. The number of pyridine rings is 1. The van der Waals surface area contributed by atoms with Crippen LogP contribution in [0.15, 0.2) is 10.9 Å². The molecule has 1 saturated heterocycles. The average Bonchev–Trinajstić information content (AvgIpc) is 2.53. The molecule has 1 aliphatic rings. The van der Waals surface area contributed by atoms with Gasteiger partial charge in [-0.1, -0.05) is 6.92 Å². The third kappa shape index (κ3) is 3.59. The van der Waals surface area contributed by atoms with Crippen molar-refractivity contribution < 1.29 is 9.59 Å². The summed E-state index contributed by atoms with van der Waals surface area (Å²) in [5.74, 6) is -0.450. The number of hydrogen-bond acceptors (Lipinski definition) is 4. The molecule has 1 aromatic heterocycles. The van der Waals surface area contributed by atoms with Gasteiger partial charge in [-0.05, 0) is 40.2 Å². The maximum Gasteiger partial charge on any atom is 0.261 e. The molecule has 0 spiro atoms. The van der Waals surface area contributed by atoms with E-state index in [9.17, 15) is 14.4 Å². The Bertz CT molecular complexity index is 693. The highest BCUT2D eigenvalue weighted by Crippen LogP contribution is 2.18. The third-order valence-electron chi connectivity index (χ3n) is 4.80. The topological polar surface area (TPSA) is 73.5 Å². The minimum absolute atomic E-state index is 0.0543. The number of nitrogens with one attached hydrogen (secondary N) is 1. The van der Waals surface area contributed by atoms with Crippen LogP contribution in [0.3, 0.4) is 0 Å². The normalized spacial score (nSPS) is 18.9. The van der Waals surface area contributed by atoms with E-state index >= 15 is 0 Å². The fraction of sp³-hybridized carbons (Fsp3) is 0.611. The Kier molecular flexibility index (Phi) is 5.59. The van der Waals surface area contributed by atoms with Gasteiger partial charge in [0.15, 0.2) is 5.78 Å². The smallest absolute Gasteiger partial charge is 0.261 e. The summed E-state index contributed by atoms with van der Waals surface area (Å²) >= 11 is 0. The molecular weight excluding hydrogens is 306 g/mol. The predicted molar refractivity (Wildman–Crippen MR) is 93.6 cm³/mol. The number of carbonyl (C=O) groups excluding carboxylic acids is 2. The molecule has 132 valence electrons. The van der Waals surface area contributed by atoms with Gasteiger partial charge in [0.05, 0.1) is 0 Å². The van der Waals surface area contributed by atoms with Crippen LogP contribution < -0.4 is 5.56 Å². The monoisotopic (exact) mass is 333 g/mol. The first kappa shape index (κ1) is 18.4. The van der Waals surface area contributed by atoms with Gasteiger partial charge in [-0.15, -0.1) is 0 Å². The van der Waals surface area contributed by atoms with Gasteiger partial charge in [0.2, 0.25) is 0 Å². The Morgan fingerprint density at radius 1 is 1.29 bits per heavy atom. The van der Waals surface area contributed by atoms with Crippen molar-refractivity contribution in [3.8, 4) is 0 Å². The minimum Gasteiger partial charge on any atom is -0.336 e. The largest absolute Gasteiger partial charge is 0.336 e. The lowest BCUT2D eigenvalue weighted by atomic mass is 10.0. The first-order chi connectivity index (χ1) is 11.3. The summed E-state index contributed by atoms with van der Waals surface area (Å²) in [6.45, 7) is 11.5. The number of ketones is 1. The zero-order valence-electron chi connectivity index (χ0n) is 15.2. The second kappa shape index (κ2) is 7.30. The van der Waals surface area contributed by atoms with Crippen LogP contribution in [0, 0.1) is 6.92 Å². The molecule has 0 saturated carbocycles. The van der Waals surface area contributed by atoms with E-state index < -0.39 is 5.56 Å². The van der Waals surface area contributed by atoms with E-state index in [0.29, 0.717) is 36.4 Å². The molecule has 1 amide bonds. The molecule has 6 nitrogen and oxygen atoms in total. The summed E-state index contributed by atoms with van der Waals surface area (Å²) in [6, 6.07) is 2.16. The Balaban J connectivity index is 2.28. The van der Waals surface area contributed by atoms with Crippen LogP contribution in [0.4, 0.5) is 0 Å². The molecule has 24 heavy (non-hydrogen) atoms. The molecule has 0 bridgehead atoms. The quantitative estimate of drug-likeness (QED) is 0.853. The van der Waals surface area contributed by atoms with Crippen molar-refractivity contribution in [2.45, 2.75) is 53.1 Å². The Labute approximate surface area is 142 Å². The van der Waals surface area contributed by atoms with E-state index in [1.807, 2.05) is 0 Å². The lowest BCUT2D eigenvalue weighted by Crippen LogP contribution is -2.56. The summed E-state index contributed by atoms with van der Waals surface area (Å²) in [7, 11) is 0. The van der Waals surface area contributed by atoms with Crippen LogP contribution in [0.1, 0.15) is 60.5 Å². The van der Waals surface area contributed by atoms with Crippen molar-refractivity contribution in [2.24, 2.45) is 0 Å². The summed E-state index contributed by atoms with van der Waals surface area (Å²) in [6.07, 6.45) is 0.949. The molecule has 1 aromatic rings. The number of hydrogen-bond donors (Lipinski definition) is 1. The highest BCUT2D eigenvalue weighted by molar-refractivity contribution is 5.99. The van der Waals surface area contributed by atoms with E-state index in [1.165, 1.54) is 13.0 Å². The van der Waals surface area contributed by atoms with Crippen molar-refractivity contribution in [3.63, 3.8) is 0 Å². The van der Waals surface area contributed by atoms with Gasteiger partial charge in [0, 0.05) is 43.0 Å². The second-order valence-electron chi connectivity index (χ2n) is 6.75. The van der Waals surface area contributed by atoms with Gasteiger partial charge >= 0.3 is 0 Å². The van der Waals surface area contributed by atoms with Gasteiger partial charge in [-0.2, -0.15) is 0 Å². The maximum atomic E-state index is 12.8. The number of aryl methyl sites for hydroxylation is 1. The van der Waals surface area contributed by atoms with Crippen LogP contribution in [0.2, 0.25) is 0 Å². The second-order valence-corrected chi connectivity index (χ2v) is 6.75. The summed E-state index contributed by atoms with van der Waals surface area (Å²) in [4.78, 5) is 43.5. The first-order valence-corrected chi connectivity index (χ1v) is 8.56. The summed E-state index contributed by atoms with van der Waals surface area (Å²) in [5.41, 5.74) is 0.520. The number of H-pyrrole nitrogens is 1. The third-order valence-corrected chi connectivity index (χ3v) is 4.80. The first-order valence-electron chi connectivity index (χ1n) is 8.56. The highest BCUT2D eigenvalue weighted by atomic mass is 16.2. The van der Waals surface area contributed by atoms with Gasteiger partial charge in [0.1, 0.15) is 5.56 Å². The number of aromatic amines is 1. The molecule has 0 unspecified atom stereocenters. The zero-order valence-corrected chi connectivity index (χ0v) is 15.2. The van der Waals surface area contributed by atoms with Crippen molar-refractivity contribution in [1.29, 1.82) is 0 Å². The van der Waals surface area contributed by atoms with Crippen LogP contribution in [-0.4, -0.2) is 58.2 Å². The van der Waals surface area contributed by atoms with Crippen molar-refractivity contribution in [1.82, 2.24) is 14.8 Å². The zero-order chi connectivity index (χ0) is 18.0. The van der Waals surface area contributed by atoms with E-state index in [2.05, 4.69) is 30.7 Å². The van der Waals surface area contributed by atoms with Crippen LogP contribution in [-0.2, 0) is 0 Å². The highest BCUT2D eigenvalue weighted by Gasteiger charge is 2.31. The van der Waals surface area contributed by atoms with E-state index in [-0.39, 0.29) is 17.3 Å². The lowest BCUT2D eigenvalue weighted by molar-refractivity contribution is 0.0370. The van der Waals surface area contributed by atoms with Crippen molar-refractivity contribution in [3.05, 3.63) is 33.2 Å². The Morgan fingerprint density at radius 3 is 2.50 bits per heavy atom. The minimum atomic E-state index is -0.429. The number of aromatic nitrogens is 1. The van der Waals surface area contributed by atoms with Gasteiger partial charge in [-0.3, -0.25) is 19.3 Å². The van der Waals surface area contributed by atoms with Crippen LogP contribution in [0.5, 0.6) is 0 Å². The van der Waals surface area contributed by atoms with E-state index in [0.717, 1.165) is 13.0 Å². The fourth-order valence-corrected chi connectivity index (χ4v) is 3.42. The number of carbonyl (C=O) groups is 2. The lowest BCUT2D eigenvalue weighted by Gasteiger charge is -2.43. The van der Waals surface area contributed by atoms with Gasteiger partial charge in [0.25, 0.3) is 11.5 Å². The van der Waals surface area contributed by atoms with Gasteiger partial charge < -0.3 is 9.88 Å². The number of nitrogens with zero attached hydrogens (tertiary/aromatic N) is 2. The van der Waals surface area contributed by atoms with Crippen LogP contribution in [0.25, 0.3) is 0 Å². The summed E-state index contributed by atoms with van der Waals surface area (Å²) in [5, 5.41) is 0. The molecule has 1 N–H and O–H groups in total. The molecule has 1 aliphatic heterocycles. The SMILES string of the molecule is CC[C@H]1CN(C(=O)c2cc(C(C)=O)c(C)[nH]c2=O)CCN1C(C)C. The molecule has 0 aromatic carbocycles. The molecule has 1 fully saturated rings. The van der Waals surface area contributed by atoms with E-state index in [1.54, 1.807) is 11.8 Å². The van der Waals surface area contributed by atoms with Crippen molar-refractivity contribution in [2.75, 3.05) is 19.6 Å². The predicted octanol–water partition coefficient (Wildman–Crippen LogP) is 1.83. The molecule has 6 heteroatoms. The number of Topliss-reactive ketones (excluding diaryl/α,β-unsaturated/α-hetero) is 1. The number of rotatable bonds is 4. The molecule has 2 heterocycles. The molecular formula is C18H27N3O3. The Hall–Kier alpha value is -1.95. The van der Waals surface area contributed by atoms with Crippen molar-refractivity contribution >= 4 is 11.7 Å². The molecule has 1 atom stereocenters. The van der Waals surface area contributed by atoms with Crippen LogP contribution >= 0.6 is 0 Å². The van der Waals surface area contributed by atoms with E-state index in [4.69, 9.17) is 0 Å². The molecule has 2 rings (SSSR count). The summed E-state index contributed by atoms with van der Waals surface area (Å²) < 4.78 is 0. The Morgan fingerprint density at radius 2 is 1.96 bits per heavy atom. The molecule has 0 aliphatic carbocycles. The van der Waals surface area contributed by atoms with Gasteiger partial charge in [-0.25, -0.2) is 0 Å². The standard InChI is InChI=1S/C18H27N3O3/c1-6-14-10-20(7-8-21(14)11(2)3)18(24)16-9-15(13(5)22)12(4)19-17(16)23/h9,11,14H,6-8,10H2,1-5H3,(H,19,23)/t14-/m0/s1. The number of piperazine rings is 1. The fourth-order valence-electron chi connectivity index (χ4n) is 3.42. The number of amides is 1.